The van der Waals surface area contributed by atoms with Crippen LogP contribution in [0.15, 0.2) is 30.5 Å². The van der Waals surface area contributed by atoms with Crippen LogP contribution in [0, 0.1) is 11.3 Å². The van der Waals surface area contributed by atoms with Gasteiger partial charge in [-0.2, -0.15) is 0 Å². The van der Waals surface area contributed by atoms with Crippen molar-refractivity contribution in [1.82, 2.24) is 4.98 Å². The van der Waals surface area contributed by atoms with Gasteiger partial charge in [-0.1, -0.05) is 11.6 Å². The maximum Gasteiger partial charge on any atom is 0.0737 e. The molecule has 0 bridgehead atoms. The second kappa shape index (κ2) is 5.37. The van der Waals surface area contributed by atoms with E-state index < -0.39 is 0 Å². The second-order valence-corrected chi connectivity index (χ2v) is 6.85. The van der Waals surface area contributed by atoms with Crippen LogP contribution in [0.3, 0.4) is 0 Å². The predicted molar refractivity (Wildman–Crippen MR) is 87.4 cm³/mol. The lowest BCUT2D eigenvalue weighted by Crippen LogP contribution is -2.41. The number of hydrogen-bond donors (Lipinski definition) is 1. The maximum atomic E-state index is 9.95. The van der Waals surface area contributed by atoms with Crippen molar-refractivity contribution in [3.8, 4) is 0 Å². The Balaban J connectivity index is 1.74. The van der Waals surface area contributed by atoms with Gasteiger partial charge >= 0.3 is 0 Å². The summed E-state index contributed by atoms with van der Waals surface area (Å²) in [6.45, 7) is 3.51. The summed E-state index contributed by atoms with van der Waals surface area (Å²) < 4.78 is 5.63. The van der Waals surface area contributed by atoms with Gasteiger partial charge in [0.15, 0.2) is 0 Å². The lowest BCUT2D eigenvalue weighted by molar-refractivity contribution is -0.0410. The van der Waals surface area contributed by atoms with Gasteiger partial charge in [0.25, 0.3) is 0 Å². The molecule has 22 heavy (non-hydrogen) atoms. The van der Waals surface area contributed by atoms with Gasteiger partial charge in [-0.25, -0.2) is 0 Å². The molecule has 0 saturated carbocycles. The highest BCUT2D eigenvalue weighted by molar-refractivity contribution is 6.31. The SMILES string of the molecule is OC[C@]12CCOC[C@H]1CN(c1ccnc3cc(Cl)ccc13)C2. The number of fused-ring (bicyclic) bond motifs is 2. The molecule has 4 nitrogen and oxygen atoms in total. The van der Waals surface area contributed by atoms with Crippen molar-refractivity contribution in [1.29, 1.82) is 0 Å². The highest BCUT2D eigenvalue weighted by atomic mass is 35.5. The van der Waals surface area contributed by atoms with E-state index in [0.717, 1.165) is 43.6 Å². The van der Waals surface area contributed by atoms with E-state index in [0.29, 0.717) is 10.9 Å². The molecule has 2 atom stereocenters. The fourth-order valence-electron chi connectivity index (χ4n) is 3.87. The summed E-state index contributed by atoms with van der Waals surface area (Å²) in [5, 5.41) is 11.8. The monoisotopic (exact) mass is 318 g/mol. The van der Waals surface area contributed by atoms with Crippen molar-refractivity contribution >= 4 is 28.2 Å². The third-order valence-electron chi connectivity index (χ3n) is 5.21. The number of aliphatic hydroxyl groups is 1. The molecule has 0 aliphatic carbocycles. The Morgan fingerprint density at radius 2 is 2.32 bits per heavy atom. The first-order valence-corrected chi connectivity index (χ1v) is 8.07. The van der Waals surface area contributed by atoms with E-state index in [9.17, 15) is 5.11 Å². The first-order valence-electron chi connectivity index (χ1n) is 7.70. The normalized spacial score (nSPS) is 28.1. The summed E-state index contributed by atoms with van der Waals surface area (Å²) in [5.74, 6) is 0.391. The summed E-state index contributed by atoms with van der Waals surface area (Å²) in [7, 11) is 0. The van der Waals surface area contributed by atoms with Gasteiger partial charge in [0.05, 0.1) is 18.7 Å². The fraction of sp³-hybridized carbons (Fsp3) is 0.471. The molecule has 4 rings (SSSR count). The van der Waals surface area contributed by atoms with Crippen molar-refractivity contribution in [2.75, 3.05) is 37.8 Å². The van der Waals surface area contributed by atoms with E-state index in [2.05, 4.69) is 16.0 Å². The van der Waals surface area contributed by atoms with Gasteiger partial charge < -0.3 is 14.7 Å². The molecule has 116 valence electrons. The third-order valence-corrected chi connectivity index (χ3v) is 5.45. The lowest BCUT2D eigenvalue weighted by Gasteiger charge is -2.36. The number of rotatable bonds is 2. The second-order valence-electron chi connectivity index (χ2n) is 6.41. The zero-order valence-electron chi connectivity index (χ0n) is 12.3. The Morgan fingerprint density at radius 1 is 1.41 bits per heavy atom. The first-order chi connectivity index (χ1) is 10.7. The average Bonchev–Trinajstić information content (AvgIpc) is 2.94. The fourth-order valence-corrected chi connectivity index (χ4v) is 4.04. The van der Waals surface area contributed by atoms with E-state index in [-0.39, 0.29) is 12.0 Å². The number of aromatic nitrogens is 1. The van der Waals surface area contributed by atoms with Crippen molar-refractivity contribution in [3.63, 3.8) is 0 Å². The zero-order valence-corrected chi connectivity index (χ0v) is 13.1. The van der Waals surface area contributed by atoms with Crippen molar-refractivity contribution in [3.05, 3.63) is 35.5 Å². The molecule has 1 N–H and O–H groups in total. The van der Waals surface area contributed by atoms with Crippen LogP contribution in [0.1, 0.15) is 6.42 Å². The van der Waals surface area contributed by atoms with E-state index >= 15 is 0 Å². The Bertz CT molecular complexity index is 708. The average molecular weight is 319 g/mol. The standard InChI is InChI=1S/C17H19ClN2O2/c18-13-1-2-14-15(7-13)19-5-3-16(14)20-8-12-9-22-6-4-17(12,10-20)11-21/h1-3,5,7,12,21H,4,6,8-11H2/t12-,17-/m1/s1. The molecule has 2 aromatic rings. The summed E-state index contributed by atoms with van der Waals surface area (Å²) in [6.07, 6.45) is 2.76. The van der Waals surface area contributed by atoms with Crippen LogP contribution in [0.5, 0.6) is 0 Å². The molecule has 0 radical (unpaired) electrons. The molecular weight excluding hydrogens is 300 g/mol. The van der Waals surface area contributed by atoms with Crippen molar-refractivity contribution < 1.29 is 9.84 Å². The van der Waals surface area contributed by atoms with Crippen LogP contribution >= 0.6 is 11.6 Å². The van der Waals surface area contributed by atoms with E-state index in [1.165, 1.54) is 5.69 Å². The third kappa shape index (κ3) is 2.18. The minimum Gasteiger partial charge on any atom is -0.396 e. The smallest absolute Gasteiger partial charge is 0.0737 e. The quantitative estimate of drug-likeness (QED) is 0.925. The number of benzene rings is 1. The number of ether oxygens (including phenoxy) is 1. The molecule has 0 unspecified atom stereocenters. The molecule has 2 fully saturated rings. The van der Waals surface area contributed by atoms with Gasteiger partial charge in [0.1, 0.15) is 0 Å². The number of halogens is 1. The number of aliphatic hydroxyl groups excluding tert-OH is 1. The molecule has 2 aliphatic heterocycles. The van der Waals surface area contributed by atoms with E-state index in [1.807, 2.05) is 24.4 Å². The maximum absolute atomic E-state index is 9.95. The van der Waals surface area contributed by atoms with Gasteiger partial charge in [0, 0.05) is 53.3 Å². The molecule has 1 aromatic carbocycles. The van der Waals surface area contributed by atoms with Gasteiger partial charge in [0.2, 0.25) is 0 Å². The Labute approximate surface area is 134 Å². The number of hydrogen-bond acceptors (Lipinski definition) is 4. The highest BCUT2D eigenvalue weighted by Crippen LogP contribution is 2.44. The Kier molecular flexibility index (Phi) is 3.48. The van der Waals surface area contributed by atoms with Crippen LogP contribution in [0.2, 0.25) is 5.02 Å². The Morgan fingerprint density at radius 3 is 3.14 bits per heavy atom. The molecule has 2 aliphatic rings. The molecule has 0 spiro atoms. The largest absolute Gasteiger partial charge is 0.396 e. The number of anilines is 1. The lowest BCUT2D eigenvalue weighted by atomic mass is 9.75. The summed E-state index contributed by atoms with van der Waals surface area (Å²) in [4.78, 5) is 6.79. The molecule has 0 amide bonds. The van der Waals surface area contributed by atoms with Crippen LogP contribution in [0.4, 0.5) is 5.69 Å². The molecule has 5 heteroatoms. The Hall–Kier alpha value is -1.36. The van der Waals surface area contributed by atoms with Gasteiger partial charge in [-0.05, 0) is 30.7 Å². The molecule has 3 heterocycles. The van der Waals surface area contributed by atoms with E-state index in [1.54, 1.807) is 0 Å². The summed E-state index contributed by atoms with van der Waals surface area (Å²) >= 11 is 6.07. The molecule has 1 aromatic heterocycles. The zero-order chi connectivity index (χ0) is 15.2. The highest BCUT2D eigenvalue weighted by Gasteiger charge is 2.48. The topological polar surface area (TPSA) is 45.6 Å². The van der Waals surface area contributed by atoms with E-state index in [4.69, 9.17) is 16.3 Å². The minimum absolute atomic E-state index is 0.0275. The molecule has 2 saturated heterocycles. The van der Waals surface area contributed by atoms with Crippen LogP contribution < -0.4 is 4.90 Å². The number of nitrogens with zero attached hydrogens (tertiary/aromatic N) is 2. The van der Waals surface area contributed by atoms with Gasteiger partial charge in [-0.15, -0.1) is 0 Å². The predicted octanol–water partition coefficient (Wildman–Crippen LogP) is 2.72. The first kappa shape index (κ1) is 14.2. The molecular formula is C17H19ClN2O2. The van der Waals surface area contributed by atoms with Crippen LogP contribution in [-0.4, -0.2) is 43.0 Å². The summed E-state index contributed by atoms with van der Waals surface area (Å²) in [6, 6.07) is 7.89. The summed E-state index contributed by atoms with van der Waals surface area (Å²) in [5.41, 5.74) is 2.05. The van der Waals surface area contributed by atoms with Crippen molar-refractivity contribution in [2.24, 2.45) is 11.3 Å². The minimum atomic E-state index is -0.0275. The number of pyridine rings is 1. The van der Waals surface area contributed by atoms with Crippen LogP contribution in [-0.2, 0) is 4.74 Å². The van der Waals surface area contributed by atoms with Gasteiger partial charge in [-0.3, -0.25) is 4.98 Å². The van der Waals surface area contributed by atoms with Crippen LogP contribution in [0.25, 0.3) is 10.9 Å². The van der Waals surface area contributed by atoms with Crippen molar-refractivity contribution in [2.45, 2.75) is 6.42 Å².